The minimum atomic E-state index is -0.926. The van der Waals surface area contributed by atoms with Gasteiger partial charge in [-0.15, -0.1) is 0 Å². The summed E-state index contributed by atoms with van der Waals surface area (Å²) in [5.74, 6) is -0.0461. The summed E-state index contributed by atoms with van der Waals surface area (Å²) in [6.45, 7) is 3.43. The smallest absolute Gasteiger partial charge is 0.245 e. The number of rotatable bonds is 9. The predicted molar refractivity (Wildman–Crippen MR) is 207 cm³/mol. The van der Waals surface area contributed by atoms with E-state index in [1.807, 2.05) is 65.6 Å². The fourth-order valence-electron chi connectivity index (χ4n) is 11.0. The summed E-state index contributed by atoms with van der Waals surface area (Å²) in [6, 6.07) is 19.6. The van der Waals surface area contributed by atoms with Gasteiger partial charge in [0.2, 0.25) is 23.6 Å². The Morgan fingerprint density at radius 3 is 2.22 bits per heavy atom. The molecule has 54 heavy (non-hydrogen) atoms. The number of hydrogen-bond acceptors (Lipinski definition) is 6. The van der Waals surface area contributed by atoms with Gasteiger partial charge in [0.15, 0.2) is 0 Å². The fraction of sp³-hybridized carbons (Fsp3) is 0.535. The standard InChI is InChI=1S/C43H52ClN5O5/c1-46-13-15-48(16-14-46)40(53)42-21-29-17-30(22-42)24-43(23-29,27-42)41(54)49-26-34(50)20-37(49)38(51)45-36(19-28-11-12-31-7-3-4-8-32(31)18-28)39(52)47(2)25-33-9-5-6-10-35(33)44/h3-12,18,29-30,34,36-37,50H,13-17,19-27H2,1-2H3,(H,45,51). The molecule has 3 aromatic carbocycles. The first-order valence-corrected chi connectivity index (χ1v) is 20.0. The molecule has 4 aliphatic carbocycles. The number of hydrogen-bond donors (Lipinski definition) is 2. The number of likely N-dealkylation sites (tertiary alicyclic amines) is 1. The number of nitrogens with zero attached hydrogens (tertiary/aromatic N) is 4. The highest BCUT2D eigenvalue weighted by atomic mass is 35.5. The Balaban J connectivity index is 1.04. The third kappa shape index (κ3) is 7.01. The van der Waals surface area contributed by atoms with Crippen molar-refractivity contribution in [2.75, 3.05) is 46.8 Å². The van der Waals surface area contributed by atoms with E-state index >= 15 is 0 Å². The average Bonchev–Trinajstić information content (AvgIpc) is 3.55. The number of carbonyl (C=O) groups excluding carboxylic acids is 4. The van der Waals surface area contributed by atoms with Crippen LogP contribution in [0.1, 0.15) is 56.1 Å². The van der Waals surface area contributed by atoms with Crippen LogP contribution in [0.3, 0.4) is 0 Å². The number of aliphatic hydroxyl groups excluding tert-OH is 1. The van der Waals surface area contributed by atoms with Crippen molar-refractivity contribution in [3.8, 4) is 0 Å². The van der Waals surface area contributed by atoms with Gasteiger partial charge >= 0.3 is 0 Å². The van der Waals surface area contributed by atoms with Crippen LogP contribution in [0.5, 0.6) is 0 Å². The molecule has 3 aromatic rings. The first kappa shape index (κ1) is 37.0. The molecule has 0 aromatic heterocycles. The van der Waals surface area contributed by atoms with Gasteiger partial charge in [0, 0.05) is 64.2 Å². The monoisotopic (exact) mass is 753 g/mol. The summed E-state index contributed by atoms with van der Waals surface area (Å²) in [5, 5.41) is 16.7. The van der Waals surface area contributed by atoms with E-state index in [0.29, 0.717) is 36.4 Å². The minimum Gasteiger partial charge on any atom is -0.391 e. The number of likely N-dealkylation sites (N-methyl/N-ethyl adjacent to an activating group) is 2. The van der Waals surface area contributed by atoms with E-state index in [-0.39, 0.29) is 43.7 Å². The lowest BCUT2D eigenvalue weighted by Crippen LogP contribution is -2.64. The molecule has 9 rings (SSSR count). The summed E-state index contributed by atoms with van der Waals surface area (Å²) < 4.78 is 0. The van der Waals surface area contributed by atoms with Crippen LogP contribution < -0.4 is 5.32 Å². The van der Waals surface area contributed by atoms with Gasteiger partial charge in [0.1, 0.15) is 12.1 Å². The number of benzene rings is 3. The van der Waals surface area contributed by atoms with E-state index in [9.17, 15) is 24.3 Å². The van der Waals surface area contributed by atoms with Crippen molar-refractivity contribution in [1.82, 2.24) is 24.9 Å². The average molecular weight is 754 g/mol. The number of aliphatic hydroxyl groups is 1. The molecule has 0 radical (unpaired) electrons. The van der Waals surface area contributed by atoms with Gasteiger partial charge in [-0.05, 0) is 85.4 Å². The van der Waals surface area contributed by atoms with Crippen molar-refractivity contribution in [2.45, 2.75) is 76.1 Å². The lowest BCUT2D eigenvalue weighted by molar-refractivity contribution is -0.181. The van der Waals surface area contributed by atoms with Crippen molar-refractivity contribution >= 4 is 46.0 Å². The number of piperazine rings is 1. The molecule has 2 saturated heterocycles. The topological polar surface area (TPSA) is 113 Å². The molecule has 5 unspecified atom stereocenters. The zero-order valence-corrected chi connectivity index (χ0v) is 32.1. The molecule has 4 saturated carbocycles. The van der Waals surface area contributed by atoms with Gasteiger partial charge in [-0.1, -0.05) is 72.3 Å². The molecule has 286 valence electrons. The zero-order valence-electron chi connectivity index (χ0n) is 31.4. The van der Waals surface area contributed by atoms with Gasteiger partial charge in [-0.3, -0.25) is 19.2 Å². The van der Waals surface area contributed by atoms with Crippen LogP contribution in [0.25, 0.3) is 10.8 Å². The summed E-state index contributed by atoms with van der Waals surface area (Å²) in [6.07, 6.45) is 4.12. The van der Waals surface area contributed by atoms with Crippen LogP contribution in [0, 0.1) is 22.7 Å². The second kappa shape index (κ2) is 14.6. The molecule has 2 aliphatic heterocycles. The second-order valence-corrected chi connectivity index (χ2v) is 17.6. The molecule has 0 spiro atoms. The maximum atomic E-state index is 14.9. The van der Waals surface area contributed by atoms with Crippen molar-refractivity contribution in [3.05, 3.63) is 82.9 Å². The molecule has 4 bridgehead atoms. The molecular formula is C43H52ClN5O5. The van der Waals surface area contributed by atoms with Crippen LogP contribution in [0.15, 0.2) is 66.7 Å². The maximum absolute atomic E-state index is 14.9. The van der Waals surface area contributed by atoms with E-state index in [1.165, 1.54) is 0 Å². The number of amides is 4. The molecule has 10 nitrogen and oxygen atoms in total. The number of carbonyl (C=O) groups is 4. The molecule has 5 atom stereocenters. The molecular weight excluding hydrogens is 702 g/mol. The summed E-state index contributed by atoms with van der Waals surface area (Å²) >= 11 is 6.46. The van der Waals surface area contributed by atoms with E-state index in [2.05, 4.69) is 17.3 Å². The molecule has 2 N–H and O–H groups in total. The normalized spacial score (nSPS) is 29.7. The van der Waals surface area contributed by atoms with Crippen LogP contribution in [0.2, 0.25) is 5.02 Å². The van der Waals surface area contributed by atoms with Crippen molar-refractivity contribution in [2.24, 2.45) is 22.7 Å². The van der Waals surface area contributed by atoms with Crippen LogP contribution in [-0.2, 0) is 32.1 Å². The van der Waals surface area contributed by atoms with E-state index in [1.54, 1.807) is 22.9 Å². The van der Waals surface area contributed by atoms with Gasteiger partial charge in [-0.2, -0.15) is 0 Å². The first-order chi connectivity index (χ1) is 25.9. The Morgan fingerprint density at radius 1 is 0.870 bits per heavy atom. The first-order valence-electron chi connectivity index (χ1n) is 19.7. The Kier molecular flexibility index (Phi) is 9.98. The quantitative estimate of drug-likeness (QED) is 0.333. The van der Waals surface area contributed by atoms with Crippen LogP contribution in [-0.4, -0.2) is 113 Å². The van der Waals surface area contributed by atoms with Gasteiger partial charge < -0.3 is 30.0 Å². The Labute approximate surface area is 322 Å². The summed E-state index contributed by atoms with van der Waals surface area (Å²) in [5.41, 5.74) is 0.405. The van der Waals surface area contributed by atoms with E-state index in [0.717, 1.165) is 67.1 Å². The SMILES string of the molecule is CN1CCN(C(=O)C23CC4CC(C2)CC(C(=O)N2CC(O)CC2C(=O)NC(Cc2ccc5ccccc5c2)C(=O)N(C)Cc2ccccc2Cl)(C4)C3)CC1. The molecule has 4 amide bonds. The predicted octanol–water partition coefficient (Wildman–Crippen LogP) is 4.50. The summed E-state index contributed by atoms with van der Waals surface area (Å²) in [7, 11) is 3.78. The number of fused-ring (bicyclic) bond motifs is 1. The Hall–Kier alpha value is -3.99. The van der Waals surface area contributed by atoms with Gasteiger partial charge in [0.05, 0.1) is 16.9 Å². The molecule has 11 heteroatoms. The number of halogens is 1. The van der Waals surface area contributed by atoms with E-state index < -0.39 is 34.9 Å². The highest BCUT2D eigenvalue weighted by molar-refractivity contribution is 6.31. The van der Waals surface area contributed by atoms with Crippen LogP contribution in [0.4, 0.5) is 0 Å². The lowest BCUT2D eigenvalue weighted by Gasteiger charge is -2.61. The number of β-amino-alcohol motifs (C(OH)–C–C–N with tert-alkyl or cyclic N) is 1. The van der Waals surface area contributed by atoms with Crippen molar-refractivity contribution in [1.29, 1.82) is 0 Å². The lowest BCUT2D eigenvalue weighted by atomic mass is 9.43. The molecule has 6 fully saturated rings. The Bertz CT molecular complexity index is 1930. The number of nitrogens with one attached hydrogen (secondary N) is 1. The van der Waals surface area contributed by atoms with Gasteiger partial charge in [0.25, 0.3) is 0 Å². The van der Waals surface area contributed by atoms with Crippen molar-refractivity contribution < 1.29 is 24.3 Å². The Morgan fingerprint density at radius 2 is 1.52 bits per heavy atom. The highest BCUT2D eigenvalue weighted by Crippen LogP contribution is 2.66. The van der Waals surface area contributed by atoms with Gasteiger partial charge in [-0.25, -0.2) is 0 Å². The second-order valence-electron chi connectivity index (χ2n) is 17.2. The largest absolute Gasteiger partial charge is 0.391 e. The van der Waals surface area contributed by atoms with Crippen LogP contribution >= 0.6 is 11.6 Å². The minimum absolute atomic E-state index is 0.0586. The zero-order chi connectivity index (χ0) is 37.8. The highest BCUT2D eigenvalue weighted by Gasteiger charge is 2.65. The summed E-state index contributed by atoms with van der Waals surface area (Å²) in [4.78, 5) is 65.3. The fourth-order valence-corrected chi connectivity index (χ4v) is 11.2. The molecule has 2 heterocycles. The van der Waals surface area contributed by atoms with Crippen molar-refractivity contribution in [3.63, 3.8) is 0 Å². The molecule has 6 aliphatic rings. The third-order valence-electron chi connectivity index (χ3n) is 13.2. The maximum Gasteiger partial charge on any atom is 0.245 e. The van der Waals surface area contributed by atoms with E-state index in [4.69, 9.17) is 11.6 Å². The third-order valence-corrected chi connectivity index (χ3v) is 13.6.